The third kappa shape index (κ3) is 3.21. The highest BCUT2D eigenvalue weighted by molar-refractivity contribution is 7.89. The maximum Gasteiger partial charge on any atom is 0.244 e. The van der Waals surface area contributed by atoms with Crippen LogP contribution in [0, 0.1) is 6.92 Å². The molecule has 1 aliphatic rings. The summed E-state index contributed by atoms with van der Waals surface area (Å²) in [5.41, 5.74) is 2.62. The molecule has 2 heterocycles. The van der Waals surface area contributed by atoms with E-state index in [0.717, 1.165) is 16.8 Å². The highest BCUT2D eigenvalue weighted by Crippen LogP contribution is 2.37. The van der Waals surface area contributed by atoms with Crippen molar-refractivity contribution in [3.8, 4) is 5.75 Å². The van der Waals surface area contributed by atoms with Crippen LogP contribution in [0.3, 0.4) is 0 Å². The summed E-state index contributed by atoms with van der Waals surface area (Å²) in [7, 11) is -2.13. The predicted molar refractivity (Wildman–Crippen MR) is 109 cm³/mol. The van der Waals surface area contributed by atoms with Crippen LogP contribution in [0.5, 0.6) is 5.75 Å². The molecule has 0 saturated heterocycles. The SMILES string of the molecule is COc1ccc(S(=O)(=O)N2CCn3cccc3C2c2ccc(Cl)cc2)cc1C. The van der Waals surface area contributed by atoms with E-state index in [1.165, 1.54) is 0 Å². The fourth-order valence-electron chi connectivity index (χ4n) is 3.75. The van der Waals surface area contributed by atoms with Crippen LogP contribution in [-0.4, -0.2) is 30.9 Å². The maximum atomic E-state index is 13.6. The van der Waals surface area contributed by atoms with E-state index in [0.29, 0.717) is 23.9 Å². The van der Waals surface area contributed by atoms with Crippen LogP contribution < -0.4 is 4.74 Å². The number of methoxy groups -OCH3 is 1. The molecular weight excluding hydrogens is 396 g/mol. The lowest BCUT2D eigenvalue weighted by atomic mass is 10.0. The molecule has 1 unspecified atom stereocenters. The summed E-state index contributed by atoms with van der Waals surface area (Å²) >= 11 is 6.05. The van der Waals surface area contributed by atoms with Crippen molar-refractivity contribution in [3.05, 3.63) is 82.6 Å². The number of rotatable bonds is 4. The van der Waals surface area contributed by atoms with E-state index in [-0.39, 0.29) is 4.90 Å². The number of halogens is 1. The van der Waals surface area contributed by atoms with Crippen LogP contribution in [0.4, 0.5) is 0 Å². The number of benzene rings is 2. The summed E-state index contributed by atoms with van der Waals surface area (Å²) in [5, 5.41) is 0.620. The molecule has 146 valence electrons. The van der Waals surface area contributed by atoms with Gasteiger partial charge in [-0.15, -0.1) is 0 Å². The fraction of sp³-hybridized carbons (Fsp3) is 0.238. The monoisotopic (exact) mass is 416 g/mol. The van der Waals surface area contributed by atoms with Crippen molar-refractivity contribution < 1.29 is 13.2 Å². The highest BCUT2D eigenvalue weighted by atomic mass is 35.5. The molecule has 2 aromatic carbocycles. The minimum Gasteiger partial charge on any atom is -0.496 e. The minimum atomic E-state index is -3.71. The number of fused-ring (bicyclic) bond motifs is 1. The molecule has 3 aromatic rings. The largest absolute Gasteiger partial charge is 0.496 e. The smallest absolute Gasteiger partial charge is 0.244 e. The summed E-state index contributed by atoms with van der Waals surface area (Å²) in [6.45, 7) is 2.85. The van der Waals surface area contributed by atoms with Crippen molar-refractivity contribution in [2.75, 3.05) is 13.7 Å². The van der Waals surface area contributed by atoms with Gasteiger partial charge in [-0.25, -0.2) is 8.42 Å². The zero-order valence-corrected chi connectivity index (χ0v) is 17.2. The van der Waals surface area contributed by atoms with Gasteiger partial charge in [0.25, 0.3) is 0 Å². The quantitative estimate of drug-likeness (QED) is 0.638. The average molecular weight is 417 g/mol. The van der Waals surface area contributed by atoms with E-state index in [1.54, 1.807) is 41.7 Å². The number of aryl methyl sites for hydroxylation is 1. The molecule has 1 aliphatic heterocycles. The first kappa shape index (κ1) is 19.1. The van der Waals surface area contributed by atoms with Gasteiger partial charge in [-0.05, 0) is 60.5 Å². The topological polar surface area (TPSA) is 51.5 Å². The third-order valence-electron chi connectivity index (χ3n) is 5.15. The zero-order chi connectivity index (χ0) is 19.9. The zero-order valence-electron chi connectivity index (χ0n) is 15.7. The third-order valence-corrected chi connectivity index (χ3v) is 7.27. The first-order valence-corrected chi connectivity index (χ1v) is 10.8. The molecule has 0 saturated carbocycles. The first-order valence-electron chi connectivity index (χ1n) is 8.99. The number of nitrogens with zero attached hydrogens (tertiary/aromatic N) is 2. The number of ether oxygens (including phenoxy) is 1. The molecule has 0 amide bonds. The molecule has 0 bridgehead atoms. The lowest BCUT2D eigenvalue weighted by Crippen LogP contribution is -2.42. The Hall–Kier alpha value is -2.28. The van der Waals surface area contributed by atoms with E-state index in [4.69, 9.17) is 16.3 Å². The lowest BCUT2D eigenvalue weighted by Gasteiger charge is -2.36. The van der Waals surface area contributed by atoms with Gasteiger partial charge >= 0.3 is 0 Å². The molecule has 0 fully saturated rings. The number of aromatic nitrogens is 1. The van der Waals surface area contributed by atoms with Crippen molar-refractivity contribution in [2.45, 2.75) is 24.4 Å². The van der Waals surface area contributed by atoms with Gasteiger partial charge in [-0.2, -0.15) is 4.31 Å². The van der Waals surface area contributed by atoms with Crippen LogP contribution in [0.25, 0.3) is 0 Å². The van der Waals surface area contributed by atoms with Crippen molar-refractivity contribution in [1.82, 2.24) is 8.87 Å². The Bertz CT molecular complexity index is 1110. The molecule has 0 N–H and O–H groups in total. The van der Waals surface area contributed by atoms with Crippen molar-refractivity contribution in [3.63, 3.8) is 0 Å². The second kappa shape index (κ2) is 7.28. The van der Waals surface area contributed by atoms with Crippen LogP contribution >= 0.6 is 11.6 Å². The molecule has 0 spiro atoms. The summed E-state index contributed by atoms with van der Waals surface area (Å²) in [5.74, 6) is 0.667. The summed E-state index contributed by atoms with van der Waals surface area (Å²) < 4.78 is 36.1. The molecule has 5 nitrogen and oxygen atoms in total. The Morgan fingerprint density at radius 1 is 1.07 bits per heavy atom. The molecule has 0 radical (unpaired) electrons. The van der Waals surface area contributed by atoms with E-state index in [2.05, 4.69) is 4.57 Å². The lowest BCUT2D eigenvalue weighted by molar-refractivity contribution is 0.298. The average Bonchev–Trinajstić information content (AvgIpc) is 3.16. The van der Waals surface area contributed by atoms with E-state index >= 15 is 0 Å². The molecule has 4 rings (SSSR count). The maximum absolute atomic E-state index is 13.6. The Balaban J connectivity index is 1.82. The Morgan fingerprint density at radius 3 is 2.50 bits per heavy atom. The molecule has 1 aromatic heterocycles. The normalized spacial score (nSPS) is 17.3. The van der Waals surface area contributed by atoms with Crippen molar-refractivity contribution in [2.24, 2.45) is 0 Å². The Kier molecular flexibility index (Phi) is 4.95. The Labute approximate surface area is 170 Å². The second-order valence-electron chi connectivity index (χ2n) is 6.83. The highest BCUT2D eigenvalue weighted by Gasteiger charge is 2.37. The molecule has 7 heteroatoms. The number of hydrogen-bond acceptors (Lipinski definition) is 3. The number of hydrogen-bond donors (Lipinski definition) is 0. The van der Waals surface area contributed by atoms with E-state index < -0.39 is 16.1 Å². The van der Waals surface area contributed by atoms with Gasteiger partial charge in [-0.3, -0.25) is 0 Å². The van der Waals surface area contributed by atoms with E-state index in [9.17, 15) is 8.42 Å². The van der Waals surface area contributed by atoms with Gasteiger partial charge in [0, 0.05) is 30.0 Å². The van der Waals surface area contributed by atoms with Crippen LogP contribution in [-0.2, 0) is 16.6 Å². The van der Waals surface area contributed by atoms with Crippen LogP contribution in [0.2, 0.25) is 5.02 Å². The van der Waals surface area contributed by atoms with Gasteiger partial charge in [0.15, 0.2) is 0 Å². The summed E-state index contributed by atoms with van der Waals surface area (Å²) in [6, 6.07) is 15.8. The summed E-state index contributed by atoms with van der Waals surface area (Å²) in [4.78, 5) is 0.268. The Morgan fingerprint density at radius 2 is 1.82 bits per heavy atom. The van der Waals surface area contributed by atoms with E-state index in [1.807, 2.05) is 37.4 Å². The van der Waals surface area contributed by atoms with Gasteiger partial charge in [0.05, 0.1) is 18.0 Å². The molecule has 28 heavy (non-hydrogen) atoms. The van der Waals surface area contributed by atoms with Crippen molar-refractivity contribution in [1.29, 1.82) is 0 Å². The van der Waals surface area contributed by atoms with Gasteiger partial charge < -0.3 is 9.30 Å². The molecule has 0 aliphatic carbocycles. The standard InChI is InChI=1S/C21H21ClN2O3S/c1-15-14-18(9-10-20(15)27-2)28(25,26)24-13-12-23-11-3-4-19(23)21(24)16-5-7-17(22)8-6-16/h3-11,14,21H,12-13H2,1-2H3. The predicted octanol–water partition coefficient (Wildman–Crippen LogP) is 4.25. The minimum absolute atomic E-state index is 0.268. The van der Waals surface area contributed by atoms with Gasteiger partial charge in [0.1, 0.15) is 5.75 Å². The summed E-state index contributed by atoms with van der Waals surface area (Å²) in [6.07, 6.45) is 1.99. The molecule has 1 atom stereocenters. The van der Waals surface area contributed by atoms with Crippen molar-refractivity contribution >= 4 is 21.6 Å². The van der Waals surface area contributed by atoms with Crippen LogP contribution in [0.1, 0.15) is 22.9 Å². The fourth-order valence-corrected chi connectivity index (χ4v) is 5.54. The molecular formula is C21H21ClN2O3S. The first-order chi connectivity index (χ1) is 13.4. The second-order valence-corrected chi connectivity index (χ2v) is 9.15. The van der Waals surface area contributed by atoms with Gasteiger partial charge in [0.2, 0.25) is 10.0 Å². The van der Waals surface area contributed by atoms with Gasteiger partial charge in [-0.1, -0.05) is 23.7 Å². The number of sulfonamides is 1. The van der Waals surface area contributed by atoms with Crippen LogP contribution in [0.15, 0.2) is 65.7 Å².